The maximum atomic E-state index is 12.1. The fourth-order valence-corrected chi connectivity index (χ4v) is 2.17. The van der Waals surface area contributed by atoms with E-state index in [1.165, 1.54) is 4.90 Å². The minimum absolute atomic E-state index is 0.131. The summed E-state index contributed by atoms with van der Waals surface area (Å²) in [5, 5.41) is 12.4. The van der Waals surface area contributed by atoms with E-state index in [-0.39, 0.29) is 18.2 Å². The molecule has 1 unspecified atom stereocenters. The molecule has 1 saturated heterocycles. The van der Waals surface area contributed by atoms with Crippen molar-refractivity contribution in [1.29, 1.82) is 5.26 Å². The van der Waals surface area contributed by atoms with Crippen LogP contribution in [0.25, 0.3) is 0 Å². The molecular formula is C14H23N3O2. The first-order chi connectivity index (χ1) is 8.75. The summed E-state index contributed by atoms with van der Waals surface area (Å²) in [7, 11) is 0. The molecule has 1 N–H and O–H groups in total. The van der Waals surface area contributed by atoms with Crippen LogP contribution in [0.4, 0.5) is 0 Å². The molecule has 2 amide bonds. The zero-order valence-electron chi connectivity index (χ0n) is 12.2. The highest BCUT2D eigenvalue weighted by Crippen LogP contribution is 2.32. The maximum Gasteiger partial charge on any atom is 0.235 e. The number of hydrogen-bond acceptors (Lipinski definition) is 4. The van der Waals surface area contributed by atoms with Gasteiger partial charge < -0.3 is 0 Å². The summed E-state index contributed by atoms with van der Waals surface area (Å²) in [5.41, 5.74) is -1.29. The van der Waals surface area contributed by atoms with Gasteiger partial charge in [0.1, 0.15) is 5.54 Å². The fourth-order valence-electron chi connectivity index (χ4n) is 2.17. The average molecular weight is 265 g/mol. The smallest absolute Gasteiger partial charge is 0.235 e. The standard InChI is InChI=1S/C14H23N3O2/c1-5-7-16-14(4,10-15)6-8-17-11(18)9-13(2,3)12(17)19/h16H,5-9H2,1-4H3. The molecule has 0 spiro atoms. The Morgan fingerprint density at radius 1 is 1.47 bits per heavy atom. The van der Waals surface area contributed by atoms with Crippen molar-refractivity contribution in [1.82, 2.24) is 10.2 Å². The van der Waals surface area contributed by atoms with Crippen LogP contribution in [-0.2, 0) is 9.59 Å². The van der Waals surface area contributed by atoms with E-state index >= 15 is 0 Å². The highest BCUT2D eigenvalue weighted by atomic mass is 16.2. The van der Waals surface area contributed by atoms with E-state index < -0.39 is 11.0 Å². The number of nitriles is 1. The number of nitrogens with one attached hydrogen (secondary N) is 1. The SMILES string of the molecule is CCCNC(C)(C#N)CCN1C(=O)CC(C)(C)C1=O. The van der Waals surface area contributed by atoms with E-state index in [9.17, 15) is 14.9 Å². The molecule has 1 aliphatic heterocycles. The van der Waals surface area contributed by atoms with Gasteiger partial charge in [0.2, 0.25) is 11.8 Å². The number of carbonyl (C=O) groups excluding carboxylic acids is 2. The average Bonchev–Trinajstić information content (AvgIpc) is 2.54. The maximum absolute atomic E-state index is 12.1. The lowest BCUT2D eigenvalue weighted by molar-refractivity contribution is -0.140. The van der Waals surface area contributed by atoms with Crippen molar-refractivity contribution >= 4 is 11.8 Å². The molecular weight excluding hydrogens is 242 g/mol. The molecule has 1 heterocycles. The van der Waals surface area contributed by atoms with Crippen molar-refractivity contribution in [2.75, 3.05) is 13.1 Å². The molecule has 0 aliphatic carbocycles. The van der Waals surface area contributed by atoms with Crippen LogP contribution >= 0.6 is 0 Å². The van der Waals surface area contributed by atoms with Crippen molar-refractivity contribution in [3.63, 3.8) is 0 Å². The summed E-state index contributed by atoms with van der Waals surface area (Å²) < 4.78 is 0. The number of imide groups is 1. The van der Waals surface area contributed by atoms with Crippen LogP contribution in [0, 0.1) is 16.7 Å². The fraction of sp³-hybridized carbons (Fsp3) is 0.786. The summed E-state index contributed by atoms with van der Waals surface area (Å²) in [6.07, 6.45) is 1.65. The van der Waals surface area contributed by atoms with Gasteiger partial charge in [-0.15, -0.1) is 0 Å². The molecule has 1 rings (SSSR count). The van der Waals surface area contributed by atoms with Crippen LogP contribution in [0.1, 0.15) is 47.0 Å². The van der Waals surface area contributed by atoms with Gasteiger partial charge in [0.15, 0.2) is 0 Å². The van der Waals surface area contributed by atoms with E-state index in [0.29, 0.717) is 13.0 Å². The second kappa shape index (κ2) is 5.70. The minimum atomic E-state index is -0.691. The Bertz CT molecular complexity index is 411. The number of likely N-dealkylation sites (tertiary alicyclic amines) is 1. The Morgan fingerprint density at radius 3 is 2.53 bits per heavy atom. The topological polar surface area (TPSA) is 73.2 Å². The van der Waals surface area contributed by atoms with Crippen LogP contribution in [-0.4, -0.2) is 35.3 Å². The number of hydrogen-bond donors (Lipinski definition) is 1. The molecule has 19 heavy (non-hydrogen) atoms. The van der Waals surface area contributed by atoms with Gasteiger partial charge in [-0.25, -0.2) is 0 Å². The second-order valence-corrected chi connectivity index (χ2v) is 6.03. The molecule has 0 radical (unpaired) electrons. The van der Waals surface area contributed by atoms with Crippen molar-refractivity contribution in [3.05, 3.63) is 0 Å². The molecule has 1 aliphatic rings. The molecule has 1 atom stereocenters. The molecule has 106 valence electrons. The van der Waals surface area contributed by atoms with E-state index in [4.69, 9.17) is 0 Å². The van der Waals surface area contributed by atoms with Gasteiger partial charge in [-0.1, -0.05) is 20.8 Å². The van der Waals surface area contributed by atoms with Crippen LogP contribution in [0.15, 0.2) is 0 Å². The Balaban J connectivity index is 2.64. The van der Waals surface area contributed by atoms with Crippen molar-refractivity contribution < 1.29 is 9.59 Å². The van der Waals surface area contributed by atoms with Gasteiger partial charge in [-0.2, -0.15) is 5.26 Å². The largest absolute Gasteiger partial charge is 0.300 e. The molecule has 0 bridgehead atoms. The summed E-state index contributed by atoms with van der Waals surface area (Å²) >= 11 is 0. The van der Waals surface area contributed by atoms with Crippen LogP contribution in [0.3, 0.4) is 0 Å². The quantitative estimate of drug-likeness (QED) is 0.738. The van der Waals surface area contributed by atoms with Gasteiger partial charge in [-0.3, -0.25) is 19.8 Å². The lowest BCUT2D eigenvalue weighted by Gasteiger charge is -2.26. The Kier molecular flexibility index (Phi) is 4.70. The first-order valence-corrected chi connectivity index (χ1v) is 6.77. The van der Waals surface area contributed by atoms with Crippen LogP contribution < -0.4 is 5.32 Å². The molecule has 0 aromatic rings. The summed E-state index contributed by atoms with van der Waals surface area (Å²) in [6.45, 7) is 8.46. The predicted octanol–water partition coefficient (Wildman–Crippen LogP) is 1.44. The van der Waals surface area contributed by atoms with Gasteiger partial charge in [0.25, 0.3) is 0 Å². The number of carbonyl (C=O) groups is 2. The summed E-state index contributed by atoms with van der Waals surface area (Å²) in [6, 6.07) is 2.23. The molecule has 0 saturated carbocycles. The third-order valence-electron chi connectivity index (χ3n) is 3.57. The molecule has 1 fully saturated rings. The monoisotopic (exact) mass is 265 g/mol. The second-order valence-electron chi connectivity index (χ2n) is 6.03. The van der Waals surface area contributed by atoms with E-state index in [0.717, 1.165) is 13.0 Å². The normalized spacial score (nSPS) is 21.3. The highest BCUT2D eigenvalue weighted by molar-refractivity contribution is 6.05. The lowest BCUT2D eigenvalue weighted by atomic mass is 9.92. The van der Waals surface area contributed by atoms with Crippen LogP contribution in [0.5, 0.6) is 0 Å². The zero-order valence-corrected chi connectivity index (χ0v) is 12.2. The lowest BCUT2D eigenvalue weighted by Crippen LogP contribution is -2.45. The molecule has 5 nitrogen and oxygen atoms in total. The molecule has 0 aromatic heterocycles. The van der Waals surface area contributed by atoms with Crippen molar-refractivity contribution in [2.24, 2.45) is 5.41 Å². The number of nitrogens with zero attached hydrogens (tertiary/aromatic N) is 2. The van der Waals surface area contributed by atoms with Gasteiger partial charge in [0, 0.05) is 13.0 Å². The Hall–Kier alpha value is -1.41. The van der Waals surface area contributed by atoms with Gasteiger partial charge in [0.05, 0.1) is 11.5 Å². The van der Waals surface area contributed by atoms with E-state index in [1.54, 1.807) is 20.8 Å². The zero-order chi connectivity index (χ0) is 14.7. The number of amides is 2. The summed E-state index contributed by atoms with van der Waals surface area (Å²) in [4.78, 5) is 25.2. The van der Waals surface area contributed by atoms with Gasteiger partial charge >= 0.3 is 0 Å². The number of rotatable bonds is 6. The Labute approximate surface area is 115 Å². The predicted molar refractivity (Wildman–Crippen MR) is 72.0 cm³/mol. The third kappa shape index (κ3) is 3.54. The van der Waals surface area contributed by atoms with Crippen molar-refractivity contribution in [2.45, 2.75) is 52.5 Å². The van der Waals surface area contributed by atoms with E-state index in [2.05, 4.69) is 11.4 Å². The Morgan fingerprint density at radius 2 is 2.11 bits per heavy atom. The first-order valence-electron chi connectivity index (χ1n) is 6.77. The molecule has 5 heteroatoms. The third-order valence-corrected chi connectivity index (χ3v) is 3.57. The van der Waals surface area contributed by atoms with Crippen molar-refractivity contribution in [3.8, 4) is 6.07 Å². The molecule has 0 aromatic carbocycles. The summed E-state index contributed by atoms with van der Waals surface area (Å²) in [5.74, 6) is -0.265. The first kappa shape index (κ1) is 15.6. The minimum Gasteiger partial charge on any atom is -0.300 e. The highest BCUT2D eigenvalue weighted by Gasteiger charge is 2.45. The van der Waals surface area contributed by atoms with Crippen LogP contribution in [0.2, 0.25) is 0 Å². The van der Waals surface area contributed by atoms with E-state index in [1.807, 2.05) is 6.92 Å². The van der Waals surface area contributed by atoms with Gasteiger partial charge in [-0.05, 0) is 26.3 Å².